The molecule has 0 saturated heterocycles. The van der Waals surface area contributed by atoms with Gasteiger partial charge in [0.1, 0.15) is 11.9 Å². The first-order valence-corrected chi connectivity index (χ1v) is 13.7. The summed E-state index contributed by atoms with van der Waals surface area (Å²) in [4.78, 5) is 29.8. The molecule has 0 fully saturated rings. The van der Waals surface area contributed by atoms with Gasteiger partial charge in [0.25, 0.3) is 5.91 Å². The molecule has 2 aromatic heterocycles. The standard InChI is InChI=1S/C29H30BrClN4O4/c1-17(2)39-26-11-10-21(14-24(26)31)29(38)33-22(15-32-28(37)18(3)36)13-19-6-8-20(9-7-19)25-16-35-12-4-5-23(30)27(35)34-25/h4-12,14,16-18,22,36H,13,15H2,1-3H3,(H,32,37)(H,33,38). The van der Waals surface area contributed by atoms with Crippen molar-refractivity contribution < 1.29 is 19.4 Å². The van der Waals surface area contributed by atoms with Crippen molar-refractivity contribution in [3.8, 4) is 17.0 Å². The van der Waals surface area contributed by atoms with E-state index in [0.717, 1.165) is 26.9 Å². The molecular formula is C29H30BrClN4O4. The van der Waals surface area contributed by atoms with Crippen LogP contribution in [0.2, 0.25) is 5.02 Å². The molecule has 0 radical (unpaired) electrons. The molecule has 8 nitrogen and oxygen atoms in total. The van der Waals surface area contributed by atoms with Crippen LogP contribution in [-0.2, 0) is 11.2 Å². The fourth-order valence-corrected chi connectivity index (χ4v) is 4.69. The van der Waals surface area contributed by atoms with Gasteiger partial charge in [-0.25, -0.2) is 4.98 Å². The predicted octanol–water partition coefficient (Wildman–Crippen LogP) is 5.04. The number of ether oxygens (including phenoxy) is 1. The second-order valence-electron chi connectivity index (χ2n) is 9.52. The highest BCUT2D eigenvalue weighted by Crippen LogP contribution is 2.27. The lowest BCUT2D eigenvalue weighted by molar-refractivity contribution is -0.128. The highest BCUT2D eigenvalue weighted by molar-refractivity contribution is 9.10. The summed E-state index contributed by atoms with van der Waals surface area (Å²) in [6, 6.07) is 16.2. The quantitative estimate of drug-likeness (QED) is 0.232. The van der Waals surface area contributed by atoms with E-state index in [2.05, 4.69) is 26.6 Å². The molecule has 3 N–H and O–H groups in total. The summed E-state index contributed by atoms with van der Waals surface area (Å²) in [5.74, 6) is -0.348. The van der Waals surface area contributed by atoms with Gasteiger partial charge in [-0.15, -0.1) is 0 Å². The number of benzene rings is 2. The molecule has 2 heterocycles. The van der Waals surface area contributed by atoms with Crippen LogP contribution >= 0.6 is 27.5 Å². The minimum atomic E-state index is -1.15. The highest BCUT2D eigenvalue weighted by Gasteiger charge is 2.19. The Balaban J connectivity index is 1.49. The Morgan fingerprint density at radius 3 is 2.51 bits per heavy atom. The van der Waals surface area contributed by atoms with Crippen molar-refractivity contribution in [2.75, 3.05) is 6.54 Å². The third-order valence-corrected chi connectivity index (χ3v) is 6.88. The van der Waals surface area contributed by atoms with E-state index in [1.54, 1.807) is 18.2 Å². The van der Waals surface area contributed by atoms with Crippen LogP contribution < -0.4 is 15.4 Å². The van der Waals surface area contributed by atoms with Crippen LogP contribution in [0.3, 0.4) is 0 Å². The third kappa shape index (κ3) is 7.38. The van der Waals surface area contributed by atoms with Gasteiger partial charge in [-0.05, 0) is 79.0 Å². The summed E-state index contributed by atoms with van der Waals surface area (Å²) in [7, 11) is 0. The summed E-state index contributed by atoms with van der Waals surface area (Å²) >= 11 is 9.85. The monoisotopic (exact) mass is 612 g/mol. The Morgan fingerprint density at radius 2 is 1.87 bits per heavy atom. The second kappa shape index (κ2) is 12.6. The number of halogens is 2. The van der Waals surface area contributed by atoms with Crippen molar-refractivity contribution >= 4 is 45.0 Å². The number of aromatic nitrogens is 2. The Morgan fingerprint density at radius 1 is 1.13 bits per heavy atom. The second-order valence-corrected chi connectivity index (χ2v) is 10.8. The van der Waals surface area contributed by atoms with Crippen molar-refractivity contribution in [3.05, 3.63) is 87.6 Å². The number of fused-ring (bicyclic) bond motifs is 1. The Hall–Kier alpha value is -3.40. The van der Waals surface area contributed by atoms with Crippen molar-refractivity contribution in [1.82, 2.24) is 20.0 Å². The zero-order valence-electron chi connectivity index (χ0n) is 21.8. The fourth-order valence-electron chi connectivity index (χ4n) is 4.02. The molecule has 2 atom stereocenters. The molecule has 0 aliphatic carbocycles. The Kier molecular flexibility index (Phi) is 9.27. The van der Waals surface area contributed by atoms with Gasteiger partial charge in [0.05, 0.1) is 27.3 Å². The maximum absolute atomic E-state index is 13.1. The van der Waals surface area contributed by atoms with Crippen molar-refractivity contribution in [2.24, 2.45) is 0 Å². The molecule has 0 bridgehead atoms. The van der Waals surface area contributed by atoms with E-state index in [-0.39, 0.29) is 18.6 Å². The lowest BCUT2D eigenvalue weighted by Crippen LogP contribution is -2.46. The van der Waals surface area contributed by atoms with Gasteiger partial charge in [0.15, 0.2) is 5.65 Å². The van der Waals surface area contributed by atoms with E-state index < -0.39 is 18.1 Å². The molecule has 0 spiro atoms. The maximum Gasteiger partial charge on any atom is 0.251 e. The summed E-state index contributed by atoms with van der Waals surface area (Å²) < 4.78 is 8.52. The molecule has 0 aliphatic heterocycles. The summed E-state index contributed by atoms with van der Waals surface area (Å²) in [5.41, 5.74) is 3.95. The highest BCUT2D eigenvalue weighted by atomic mass is 79.9. The molecule has 0 saturated carbocycles. The summed E-state index contributed by atoms with van der Waals surface area (Å²) in [5, 5.41) is 15.6. The van der Waals surface area contributed by atoms with E-state index >= 15 is 0 Å². The van der Waals surface area contributed by atoms with Gasteiger partial charge in [-0.2, -0.15) is 0 Å². The predicted molar refractivity (Wildman–Crippen MR) is 155 cm³/mol. The number of carbonyl (C=O) groups excluding carboxylic acids is 2. The van der Waals surface area contributed by atoms with E-state index in [0.29, 0.717) is 22.8 Å². The molecular weight excluding hydrogens is 584 g/mol. The molecule has 0 aliphatic rings. The normalized spacial score (nSPS) is 12.8. The van der Waals surface area contributed by atoms with Gasteiger partial charge in [0.2, 0.25) is 5.91 Å². The fraction of sp³-hybridized carbons (Fsp3) is 0.276. The number of rotatable bonds is 10. The largest absolute Gasteiger partial charge is 0.489 e. The SMILES string of the molecule is CC(C)Oc1ccc(C(=O)NC(CNC(=O)C(C)O)Cc2ccc(-c3cn4cccc(Br)c4n3)cc2)cc1Cl. The molecule has 4 aromatic rings. The maximum atomic E-state index is 13.1. The van der Waals surface area contributed by atoms with Crippen LogP contribution in [0.15, 0.2) is 71.5 Å². The molecule has 4 rings (SSSR count). The minimum Gasteiger partial charge on any atom is -0.489 e. The minimum absolute atomic E-state index is 0.0509. The van der Waals surface area contributed by atoms with Crippen molar-refractivity contribution in [2.45, 2.75) is 45.4 Å². The number of imidazole rings is 1. The molecule has 204 valence electrons. The van der Waals surface area contributed by atoms with Crippen LogP contribution in [0, 0.1) is 0 Å². The van der Waals surface area contributed by atoms with E-state index in [4.69, 9.17) is 21.3 Å². The average molecular weight is 614 g/mol. The first-order chi connectivity index (χ1) is 18.6. The number of amides is 2. The van der Waals surface area contributed by atoms with E-state index in [1.165, 1.54) is 6.92 Å². The summed E-state index contributed by atoms with van der Waals surface area (Å²) in [6.45, 7) is 5.32. The van der Waals surface area contributed by atoms with E-state index in [1.807, 2.05) is 67.0 Å². The zero-order chi connectivity index (χ0) is 28.1. The number of aliphatic hydroxyl groups is 1. The van der Waals surface area contributed by atoms with Gasteiger partial charge < -0.3 is 24.9 Å². The Bertz CT molecular complexity index is 1470. The Labute approximate surface area is 240 Å². The van der Waals surface area contributed by atoms with Crippen LogP contribution in [0.1, 0.15) is 36.7 Å². The molecule has 2 amide bonds. The first-order valence-electron chi connectivity index (χ1n) is 12.6. The zero-order valence-corrected chi connectivity index (χ0v) is 24.2. The van der Waals surface area contributed by atoms with Gasteiger partial charge in [0, 0.05) is 30.1 Å². The smallest absolute Gasteiger partial charge is 0.251 e. The lowest BCUT2D eigenvalue weighted by atomic mass is 10.0. The number of aliphatic hydroxyl groups excluding tert-OH is 1. The number of nitrogens with zero attached hydrogens (tertiary/aromatic N) is 2. The molecule has 10 heteroatoms. The van der Waals surface area contributed by atoms with Crippen LogP contribution in [0.5, 0.6) is 5.75 Å². The number of carbonyl (C=O) groups is 2. The van der Waals surface area contributed by atoms with Crippen molar-refractivity contribution in [3.63, 3.8) is 0 Å². The topological polar surface area (TPSA) is 105 Å². The van der Waals surface area contributed by atoms with Crippen LogP contribution in [-0.4, -0.2) is 51.1 Å². The molecule has 39 heavy (non-hydrogen) atoms. The van der Waals surface area contributed by atoms with Gasteiger partial charge in [-0.1, -0.05) is 35.9 Å². The van der Waals surface area contributed by atoms with Crippen LogP contribution in [0.25, 0.3) is 16.9 Å². The van der Waals surface area contributed by atoms with E-state index in [9.17, 15) is 14.7 Å². The van der Waals surface area contributed by atoms with Gasteiger partial charge in [-0.3, -0.25) is 9.59 Å². The first kappa shape index (κ1) is 28.6. The average Bonchev–Trinajstić information content (AvgIpc) is 3.34. The van der Waals surface area contributed by atoms with Gasteiger partial charge >= 0.3 is 0 Å². The lowest BCUT2D eigenvalue weighted by Gasteiger charge is -2.21. The third-order valence-electron chi connectivity index (χ3n) is 5.96. The number of pyridine rings is 1. The van der Waals surface area contributed by atoms with Crippen LogP contribution in [0.4, 0.5) is 0 Å². The number of nitrogens with one attached hydrogen (secondary N) is 2. The molecule has 2 unspecified atom stereocenters. The number of hydrogen-bond donors (Lipinski definition) is 3. The van der Waals surface area contributed by atoms with Crippen molar-refractivity contribution in [1.29, 1.82) is 0 Å². The number of hydrogen-bond acceptors (Lipinski definition) is 5. The molecule has 2 aromatic carbocycles. The summed E-state index contributed by atoms with van der Waals surface area (Å²) in [6.07, 6.45) is 3.15.